The van der Waals surface area contributed by atoms with Crippen LogP contribution in [0, 0.1) is 0 Å². The van der Waals surface area contributed by atoms with Crippen LogP contribution in [0.25, 0.3) is 10.9 Å². The van der Waals surface area contributed by atoms with Crippen molar-refractivity contribution >= 4 is 16.6 Å². The van der Waals surface area contributed by atoms with Gasteiger partial charge in [-0.3, -0.25) is 4.98 Å². The van der Waals surface area contributed by atoms with Gasteiger partial charge < -0.3 is 15.8 Å². The molecule has 0 bridgehead atoms. The average Bonchev–Trinajstić information content (AvgIpc) is 2.46. The van der Waals surface area contributed by atoms with E-state index in [0.717, 1.165) is 41.9 Å². The molecule has 1 heterocycles. The molecule has 1 aromatic carbocycles. The molecule has 0 amide bonds. The summed E-state index contributed by atoms with van der Waals surface area (Å²) in [6, 6.07) is 8.02. The number of pyridine rings is 1. The van der Waals surface area contributed by atoms with E-state index in [1.165, 1.54) is 12.8 Å². The second kappa shape index (κ2) is 6.95. The van der Waals surface area contributed by atoms with Crippen LogP contribution in [0.2, 0.25) is 0 Å². The number of methoxy groups -OCH3 is 1. The highest BCUT2D eigenvalue weighted by Gasteiger charge is 2.05. The van der Waals surface area contributed by atoms with Crippen molar-refractivity contribution in [2.45, 2.75) is 19.3 Å². The van der Waals surface area contributed by atoms with Crippen LogP contribution >= 0.6 is 0 Å². The molecule has 0 atom stereocenters. The van der Waals surface area contributed by atoms with Crippen molar-refractivity contribution in [1.82, 2.24) is 4.98 Å². The first-order valence-corrected chi connectivity index (χ1v) is 6.81. The third kappa shape index (κ3) is 3.58. The Morgan fingerprint density at radius 1 is 1.26 bits per heavy atom. The van der Waals surface area contributed by atoms with E-state index in [4.69, 9.17) is 4.74 Å². The quantitative estimate of drug-likeness (QED) is 0.749. The summed E-state index contributed by atoms with van der Waals surface area (Å²) in [5, 5.41) is 4.56. The minimum Gasteiger partial charge on any atom is -0.497 e. The normalized spacial score (nSPS) is 10.6. The second-order valence-electron chi connectivity index (χ2n) is 4.59. The van der Waals surface area contributed by atoms with E-state index in [9.17, 15) is 0 Å². The largest absolute Gasteiger partial charge is 0.497 e. The van der Waals surface area contributed by atoms with Crippen LogP contribution in [0.3, 0.4) is 0 Å². The van der Waals surface area contributed by atoms with Crippen molar-refractivity contribution in [3.63, 3.8) is 0 Å². The van der Waals surface area contributed by atoms with Gasteiger partial charge in [-0.15, -0.1) is 0 Å². The van der Waals surface area contributed by atoms with Crippen LogP contribution in [0.5, 0.6) is 5.75 Å². The lowest BCUT2D eigenvalue weighted by atomic mass is 10.1. The van der Waals surface area contributed by atoms with Crippen molar-refractivity contribution in [2.75, 3.05) is 25.5 Å². The van der Waals surface area contributed by atoms with Gasteiger partial charge in [-0.2, -0.15) is 0 Å². The first-order valence-electron chi connectivity index (χ1n) is 6.81. The number of ether oxygens (including phenoxy) is 1. The summed E-state index contributed by atoms with van der Waals surface area (Å²) < 4.78 is 5.33. The Hall–Kier alpha value is -1.81. The summed E-state index contributed by atoms with van der Waals surface area (Å²) in [5.41, 5.74) is 5.90. The van der Waals surface area contributed by atoms with Gasteiger partial charge in [0.15, 0.2) is 0 Å². The summed E-state index contributed by atoms with van der Waals surface area (Å²) in [6.45, 7) is 1.97. The molecule has 4 nitrogen and oxygen atoms in total. The SMILES string of the molecule is COc1cc(NCCCCC[NH3+])c2ncccc2c1. The van der Waals surface area contributed by atoms with E-state index in [0.29, 0.717) is 0 Å². The average molecular weight is 260 g/mol. The van der Waals surface area contributed by atoms with Gasteiger partial charge >= 0.3 is 0 Å². The summed E-state index contributed by atoms with van der Waals surface area (Å²) in [7, 11) is 1.69. The third-order valence-electron chi connectivity index (χ3n) is 3.16. The lowest BCUT2D eigenvalue weighted by Gasteiger charge is -2.11. The molecular weight excluding hydrogens is 238 g/mol. The predicted octanol–water partition coefficient (Wildman–Crippen LogP) is 2.07. The van der Waals surface area contributed by atoms with E-state index in [2.05, 4.69) is 22.1 Å². The number of unbranched alkanes of at least 4 members (excludes halogenated alkanes) is 2. The predicted molar refractivity (Wildman–Crippen MR) is 78.4 cm³/mol. The zero-order valence-corrected chi connectivity index (χ0v) is 11.5. The van der Waals surface area contributed by atoms with Crippen LogP contribution in [0.4, 0.5) is 5.69 Å². The number of nitrogens with zero attached hydrogens (tertiary/aromatic N) is 1. The fraction of sp³-hybridized carbons (Fsp3) is 0.400. The van der Waals surface area contributed by atoms with Crippen LogP contribution < -0.4 is 15.8 Å². The molecule has 0 radical (unpaired) electrons. The lowest BCUT2D eigenvalue weighted by molar-refractivity contribution is -0.368. The highest BCUT2D eigenvalue weighted by atomic mass is 16.5. The maximum Gasteiger partial charge on any atom is 0.121 e. The Bertz CT molecular complexity index is 528. The monoisotopic (exact) mass is 260 g/mol. The molecule has 0 aliphatic rings. The molecule has 0 unspecified atom stereocenters. The zero-order chi connectivity index (χ0) is 13.5. The molecule has 0 aliphatic heterocycles. The van der Waals surface area contributed by atoms with Crippen LogP contribution in [-0.2, 0) is 0 Å². The number of nitrogens with one attached hydrogen (secondary N) is 1. The number of fused-ring (bicyclic) bond motifs is 1. The molecule has 19 heavy (non-hydrogen) atoms. The number of quaternary nitrogens is 1. The first kappa shape index (κ1) is 13.6. The second-order valence-corrected chi connectivity index (χ2v) is 4.59. The minimum absolute atomic E-state index is 0.862. The van der Waals surface area contributed by atoms with Gasteiger partial charge in [0.25, 0.3) is 0 Å². The molecule has 0 fully saturated rings. The van der Waals surface area contributed by atoms with Crippen molar-refractivity contribution in [1.29, 1.82) is 0 Å². The highest BCUT2D eigenvalue weighted by Crippen LogP contribution is 2.27. The molecule has 1 aromatic heterocycles. The number of hydrogen-bond donors (Lipinski definition) is 2. The van der Waals surface area contributed by atoms with Gasteiger partial charge in [0, 0.05) is 24.2 Å². The summed E-state index contributed by atoms with van der Waals surface area (Å²) in [5.74, 6) is 0.862. The van der Waals surface area contributed by atoms with E-state index in [1.807, 2.05) is 24.4 Å². The topological polar surface area (TPSA) is 61.8 Å². The van der Waals surface area contributed by atoms with Gasteiger partial charge in [-0.05, 0) is 31.4 Å². The summed E-state index contributed by atoms with van der Waals surface area (Å²) in [6.07, 6.45) is 5.38. The van der Waals surface area contributed by atoms with Gasteiger partial charge in [0.2, 0.25) is 0 Å². The molecule has 102 valence electrons. The number of anilines is 1. The molecule has 2 rings (SSSR count). The first-order chi connectivity index (χ1) is 9.35. The number of hydrogen-bond acceptors (Lipinski definition) is 3. The fourth-order valence-electron chi connectivity index (χ4n) is 2.12. The fourth-order valence-corrected chi connectivity index (χ4v) is 2.12. The Balaban J connectivity index is 2.11. The summed E-state index contributed by atoms with van der Waals surface area (Å²) >= 11 is 0. The Morgan fingerprint density at radius 3 is 2.95 bits per heavy atom. The van der Waals surface area contributed by atoms with Crippen LogP contribution in [0.15, 0.2) is 30.5 Å². The Morgan fingerprint density at radius 2 is 2.16 bits per heavy atom. The van der Waals surface area contributed by atoms with E-state index in [-0.39, 0.29) is 0 Å². The van der Waals surface area contributed by atoms with E-state index >= 15 is 0 Å². The molecule has 0 saturated heterocycles. The van der Waals surface area contributed by atoms with Gasteiger partial charge in [0.1, 0.15) is 5.75 Å². The maximum absolute atomic E-state index is 5.33. The third-order valence-corrected chi connectivity index (χ3v) is 3.16. The van der Waals surface area contributed by atoms with Crippen LogP contribution in [-0.4, -0.2) is 25.2 Å². The minimum atomic E-state index is 0.862. The van der Waals surface area contributed by atoms with Crippen molar-refractivity contribution in [3.05, 3.63) is 30.5 Å². The van der Waals surface area contributed by atoms with Gasteiger partial charge in [0.05, 0.1) is 24.9 Å². The number of rotatable bonds is 7. The molecule has 0 aliphatic carbocycles. The molecule has 4 N–H and O–H groups in total. The van der Waals surface area contributed by atoms with Crippen molar-refractivity contribution < 1.29 is 10.5 Å². The highest BCUT2D eigenvalue weighted by molar-refractivity contribution is 5.91. The molecule has 2 aromatic rings. The molecule has 0 saturated carbocycles. The van der Waals surface area contributed by atoms with Crippen molar-refractivity contribution in [2.24, 2.45) is 0 Å². The van der Waals surface area contributed by atoms with E-state index < -0.39 is 0 Å². The smallest absolute Gasteiger partial charge is 0.121 e. The maximum atomic E-state index is 5.33. The Labute approximate surface area is 114 Å². The number of aromatic nitrogens is 1. The van der Waals surface area contributed by atoms with Gasteiger partial charge in [-0.1, -0.05) is 6.07 Å². The zero-order valence-electron chi connectivity index (χ0n) is 11.5. The standard InChI is InChI=1S/C15H21N3O/c1-19-13-10-12-6-5-9-18-15(12)14(11-13)17-8-4-2-3-7-16/h5-6,9-11,17H,2-4,7-8,16H2,1H3/p+1. The van der Waals surface area contributed by atoms with Gasteiger partial charge in [-0.25, -0.2) is 0 Å². The molecule has 4 heteroatoms. The summed E-state index contributed by atoms with van der Waals surface area (Å²) in [4.78, 5) is 4.44. The Kier molecular flexibility index (Phi) is 4.98. The molecular formula is C15H22N3O+. The lowest BCUT2D eigenvalue weighted by Crippen LogP contribution is -2.50. The van der Waals surface area contributed by atoms with Crippen molar-refractivity contribution in [3.8, 4) is 5.75 Å². The molecule has 0 spiro atoms. The number of benzene rings is 1. The van der Waals surface area contributed by atoms with E-state index in [1.54, 1.807) is 7.11 Å². The van der Waals surface area contributed by atoms with Crippen LogP contribution in [0.1, 0.15) is 19.3 Å².